The number of halogens is 1. The highest BCUT2D eigenvalue weighted by Crippen LogP contribution is 2.21. The normalized spacial score (nSPS) is 9.55. The van der Waals surface area contributed by atoms with Gasteiger partial charge in [-0.15, -0.1) is 0 Å². The van der Waals surface area contributed by atoms with E-state index >= 15 is 0 Å². The summed E-state index contributed by atoms with van der Waals surface area (Å²) >= 11 is 3.24. The molecule has 0 aromatic heterocycles. The molecule has 0 radical (unpaired) electrons. The fraction of sp³-hybridized carbons (Fsp3) is 0.125. The molecule has 58 valence electrons. The molecule has 0 atom stereocenters. The summed E-state index contributed by atoms with van der Waals surface area (Å²) in [5.74, 6) is 0.167. The Morgan fingerprint density at radius 2 is 2.27 bits per heavy atom. The van der Waals surface area contributed by atoms with Gasteiger partial charge in [-0.1, -0.05) is 15.9 Å². The predicted molar refractivity (Wildman–Crippen MR) is 45.6 cm³/mol. The molecule has 0 fully saturated rings. The highest BCUT2D eigenvalue weighted by Gasteiger charge is 1.99. The van der Waals surface area contributed by atoms with Crippen LogP contribution in [-0.2, 0) is 11.2 Å². The third-order valence-electron chi connectivity index (χ3n) is 1.34. The SMILES string of the molecule is O=CCc1cc(Br)ccc1O. The second-order valence-electron chi connectivity index (χ2n) is 2.14. The van der Waals surface area contributed by atoms with Gasteiger partial charge >= 0.3 is 0 Å². The van der Waals surface area contributed by atoms with Crippen LogP contribution >= 0.6 is 15.9 Å². The third kappa shape index (κ3) is 2.05. The van der Waals surface area contributed by atoms with Gasteiger partial charge in [0.2, 0.25) is 0 Å². The van der Waals surface area contributed by atoms with Crippen molar-refractivity contribution in [3.05, 3.63) is 28.2 Å². The molecule has 3 heteroatoms. The maximum atomic E-state index is 10.1. The first-order chi connectivity index (χ1) is 5.24. The number of hydrogen-bond donors (Lipinski definition) is 1. The number of carbonyl (C=O) groups is 1. The molecule has 2 nitrogen and oxygen atoms in total. The first-order valence-corrected chi connectivity index (χ1v) is 3.94. The molecule has 0 saturated heterocycles. The van der Waals surface area contributed by atoms with Crippen LogP contribution in [0.15, 0.2) is 22.7 Å². The minimum absolute atomic E-state index is 0.167. The molecule has 1 N–H and O–H groups in total. The average molecular weight is 215 g/mol. The van der Waals surface area contributed by atoms with Gasteiger partial charge in [0.25, 0.3) is 0 Å². The zero-order chi connectivity index (χ0) is 8.27. The van der Waals surface area contributed by atoms with Crippen LogP contribution in [0.3, 0.4) is 0 Å². The van der Waals surface area contributed by atoms with Crippen LogP contribution in [0.25, 0.3) is 0 Å². The van der Waals surface area contributed by atoms with Crippen molar-refractivity contribution < 1.29 is 9.90 Å². The maximum Gasteiger partial charge on any atom is 0.124 e. The van der Waals surface area contributed by atoms with Crippen molar-refractivity contribution in [1.82, 2.24) is 0 Å². The molecule has 0 spiro atoms. The molecule has 1 rings (SSSR count). The van der Waals surface area contributed by atoms with Gasteiger partial charge in [-0.25, -0.2) is 0 Å². The van der Waals surface area contributed by atoms with E-state index in [2.05, 4.69) is 15.9 Å². The molecule has 0 aliphatic carbocycles. The molecule has 0 aliphatic heterocycles. The lowest BCUT2D eigenvalue weighted by molar-refractivity contribution is -0.107. The van der Waals surface area contributed by atoms with Gasteiger partial charge in [0.05, 0.1) is 0 Å². The van der Waals surface area contributed by atoms with Gasteiger partial charge in [-0.2, -0.15) is 0 Å². The number of aldehydes is 1. The predicted octanol–water partition coefficient (Wildman–Crippen LogP) is 1.90. The molecule has 1 aromatic rings. The van der Waals surface area contributed by atoms with E-state index in [1.807, 2.05) is 0 Å². The Kier molecular flexibility index (Phi) is 2.65. The van der Waals surface area contributed by atoms with Crippen LogP contribution in [0.4, 0.5) is 0 Å². The third-order valence-corrected chi connectivity index (χ3v) is 1.84. The Hall–Kier alpha value is -0.830. The van der Waals surface area contributed by atoms with E-state index in [9.17, 15) is 9.90 Å². The van der Waals surface area contributed by atoms with Crippen LogP contribution in [0.1, 0.15) is 5.56 Å². The quantitative estimate of drug-likeness (QED) is 0.765. The zero-order valence-electron chi connectivity index (χ0n) is 5.75. The lowest BCUT2D eigenvalue weighted by Gasteiger charge is -1.99. The molecule has 11 heavy (non-hydrogen) atoms. The fourth-order valence-corrected chi connectivity index (χ4v) is 1.22. The Balaban J connectivity index is 3.01. The van der Waals surface area contributed by atoms with E-state index in [0.717, 1.165) is 10.8 Å². The van der Waals surface area contributed by atoms with Gasteiger partial charge in [0, 0.05) is 16.5 Å². The lowest BCUT2D eigenvalue weighted by Crippen LogP contribution is -1.85. The largest absolute Gasteiger partial charge is 0.508 e. The highest BCUT2D eigenvalue weighted by molar-refractivity contribution is 9.10. The summed E-state index contributed by atoms with van der Waals surface area (Å²) in [5, 5.41) is 9.19. The number of benzene rings is 1. The number of hydrogen-bond acceptors (Lipinski definition) is 2. The van der Waals surface area contributed by atoms with Crippen molar-refractivity contribution in [3.8, 4) is 5.75 Å². The van der Waals surface area contributed by atoms with E-state index in [0.29, 0.717) is 5.56 Å². The van der Waals surface area contributed by atoms with Crippen molar-refractivity contribution in [1.29, 1.82) is 0 Å². The zero-order valence-corrected chi connectivity index (χ0v) is 7.34. The summed E-state index contributed by atoms with van der Waals surface area (Å²) in [6.07, 6.45) is 1.02. The molecule has 0 saturated carbocycles. The van der Waals surface area contributed by atoms with E-state index in [1.165, 1.54) is 0 Å². The van der Waals surface area contributed by atoms with Crippen LogP contribution in [0.2, 0.25) is 0 Å². The van der Waals surface area contributed by atoms with Crippen molar-refractivity contribution in [2.75, 3.05) is 0 Å². The Labute approximate surface area is 73.0 Å². The molecule has 0 unspecified atom stereocenters. The summed E-state index contributed by atoms with van der Waals surface area (Å²) in [7, 11) is 0. The lowest BCUT2D eigenvalue weighted by atomic mass is 10.1. The molecule has 0 aliphatic rings. The van der Waals surface area contributed by atoms with E-state index < -0.39 is 0 Å². The highest BCUT2D eigenvalue weighted by atomic mass is 79.9. The molecule has 1 aromatic carbocycles. The smallest absolute Gasteiger partial charge is 0.124 e. The average Bonchev–Trinajstić information content (AvgIpc) is 1.98. The van der Waals surface area contributed by atoms with Gasteiger partial charge in [0.1, 0.15) is 12.0 Å². The number of phenols is 1. The van der Waals surface area contributed by atoms with Crippen LogP contribution in [0.5, 0.6) is 5.75 Å². The van der Waals surface area contributed by atoms with Crippen molar-refractivity contribution >= 4 is 22.2 Å². The van der Waals surface area contributed by atoms with Crippen LogP contribution in [0, 0.1) is 0 Å². The minimum Gasteiger partial charge on any atom is -0.508 e. The van der Waals surface area contributed by atoms with Gasteiger partial charge in [-0.05, 0) is 18.2 Å². The monoisotopic (exact) mass is 214 g/mol. The fourth-order valence-electron chi connectivity index (χ4n) is 0.807. The Bertz CT molecular complexity index is 271. The topological polar surface area (TPSA) is 37.3 Å². The van der Waals surface area contributed by atoms with Crippen LogP contribution in [-0.4, -0.2) is 11.4 Å². The standard InChI is InChI=1S/C8H7BrO2/c9-7-1-2-8(11)6(5-7)3-4-10/h1-2,4-5,11H,3H2. The van der Waals surface area contributed by atoms with Crippen molar-refractivity contribution in [2.24, 2.45) is 0 Å². The first kappa shape index (κ1) is 8.27. The summed E-state index contributed by atoms with van der Waals surface area (Å²) in [4.78, 5) is 10.1. The number of rotatable bonds is 2. The molecule has 0 amide bonds. The summed E-state index contributed by atoms with van der Waals surface area (Å²) in [6.45, 7) is 0. The second kappa shape index (κ2) is 3.53. The number of aromatic hydroxyl groups is 1. The van der Waals surface area contributed by atoms with E-state index in [1.54, 1.807) is 18.2 Å². The van der Waals surface area contributed by atoms with Gasteiger partial charge in [0.15, 0.2) is 0 Å². The molecular formula is C8H7BrO2. The maximum absolute atomic E-state index is 10.1. The van der Waals surface area contributed by atoms with Crippen LogP contribution < -0.4 is 0 Å². The number of phenolic OH excluding ortho intramolecular Hbond substituents is 1. The summed E-state index contributed by atoms with van der Waals surface area (Å²) in [5.41, 5.74) is 0.648. The summed E-state index contributed by atoms with van der Waals surface area (Å²) in [6, 6.07) is 5.01. The first-order valence-electron chi connectivity index (χ1n) is 3.15. The molecule has 0 bridgehead atoms. The minimum atomic E-state index is 0.167. The van der Waals surface area contributed by atoms with E-state index in [-0.39, 0.29) is 12.2 Å². The number of carbonyl (C=O) groups excluding carboxylic acids is 1. The van der Waals surface area contributed by atoms with Gasteiger partial charge < -0.3 is 9.90 Å². The molecular weight excluding hydrogens is 208 g/mol. The van der Waals surface area contributed by atoms with Crippen molar-refractivity contribution in [3.63, 3.8) is 0 Å². The van der Waals surface area contributed by atoms with Gasteiger partial charge in [-0.3, -0.25) is 0 Å². The van der Waals surface area contributed by atoms with E-state index in [4.69, 9.17) is 0 Å². The summed E-state index contributed by atoms with van der Waals surface area (Å²) < 4.78 is 0.868. The molecule has 0 heterocycles. The Morgan fingerprint density at radius 1 is 1.55 bits per heavy atom. The Morgan fingerprint density at radius 3 is 2.91 bits per heavy atom. The van der Waals surface area contributed by atoms with Crippen molar-refractivity contribution in [2.45, 2.75) is 6.42 Å². The second-order valence-corrected chi connectivity index (χ2v) is 3.06.